The number of unbranched alkanes of at least 4 members (excludes halogenated alkanes) is 1. The highest BCUT2D eigenvalue weighted by molar-refractivity contribution is 5.99. The Balaban J connectivity index is 2.75. The lowest BCUT2D eigenvalue weighted by Crippen LogP contribution is -2.11. The number of rotatable bonds is 5. The Hall–Kier alpha value is -1.84. The standard InChI is InChI=1S/C13H17NO3/c1-3-4-5-13(17)14-10-6-7-12(16)11(8-10)9(2)15/h6-8,16H,3-5H2,1-2H3,(H,14,17). The molecule has 4 heteroatoms. The van der Waals surface area contributed by atoms with Gasteiger partial charge in [-0.05, 0) is 31.5 Å². The maximum Gasteiger partial charge on any atom is 0.224 e. The van der Waals surface area contributed by atoms with E-state index in [2.05, 4.69) is 5.32 Å². The van der Waals surface area contributed by atoms with Gasteiger partial charge in [0, 0.05) is 12.1 Å². The zero-order valence-electron chi connectivity index (χ0n) is 10.1. The Kier molecular flexibility index (Phi) is 4.69. The van der Waals surface area contributed by atoms with Gasteiger partial charge in [0.2, 0.25) is 5.91 Å². The molecule has 1 amide bonds. The zero-order valence-corrected chi connectivity index (χ0v) is 10.1. The fourth-order valence-corrected chi connectivity index (χ4v) is 1.46. The van der Waals surface area contributed by atoms with E-state index in [9.17, 15) is 14.7 Å². The maximum absolute atomic E-state index is 11.5. The summed E-state index contributed by atoms with van der Waals surface area (Å²) in [6.45, 7) is 3.39. The molecule has 0 atom stereocenters. The molecule has 92 valence electrons. The van der Waals surface area contributed by atoms with E-state index in [1.54, 1.807) is 6.07 Å². The van der Waals surface area contributed by atoms with Crippen molar-refractivity contribution < 1.29 is 14.7 Å². The number of carbonyl (C=O) groups excluding carboxylic acids is 2. The number of aromatic hydroxyl groups is 1. The third-order valence-corrected chi connectivity index (χ3v) is 2.42. The van der Waals surface area contributed by atoms with E-state index in [-0.39, 0.29) is 23.0 Å². The zero-order chi connectivity index (χ0) is 12.8. The summed E-state index contributed by atoms with van der Waals surface area (Å²) in [6, 6.07) is 4.47. The van der Waals surface area contributed by atoms with Gasteiger partial charge in [0.1, 0.15) is 5.75 Å². The van der Waals surface area contributed by atoms with Gasteiger partial charge in [-0.25, -0.2) is 0 Å². The number of ketones is 1. The second-order valence-electron chi connectivity index (χ2n) is 3.94. The summed E-state index contributed by atoms with van der Waals surface area (Å²) in [5, 5.41) is 12.1. The minimum absolute atomic E-state index is 0.0657. The fourth-order valence-electron chi connectivity index (χ4n) is 1.46. The van der Waals surface area contributed by atoms with E-state index in [1.165, 1.54) is 19.1 Å². The monoisotopic (exact) mass is 235 g/mol. The molecule has 0 aliphatic heterocycles. The maximum atomic E-state index is 11.5. The lowest BCUT2D eigenvalue weighted by Gasteiger charge is -2.07. The van der Waals surface area contributed by atoms with E-state index in [0.29, 0.717) is 12.1 Å². The number of phenolic OH excluding ortho intramolecular Hbond substituents is 1. The van der Waals surface area contributed by atoms with Crippen molar-refractivity contribution in [3.8, 4) is 5.75 Å². The minimum Gasteiger partial charge on any atom is -0.507 e. The van der Waals surface area contributed by atoms with Crippen LogP contribution in [0, 0.1) is 0 Å². The summed E-state index contributed by atoms with van der Waals surface area (Å²) in [5.74, 6) is -0.372. The lowest BCUT2D eigenvalue weighted by molar-refractivity contribution is -0.116. The molecular formula is C13H17NO3. The van der Waals surface area contributed by atoms with Gasteiger partial charge < -0.3 is 10.4 Å². The molecule has 0 bridgehead atoms. The molecule has 0 heterocycles. The molecule has 0 saturated carbocycles. The number of carbonyl (C=O) groups is 2. The van der Waals surface area contributed by atoms with Gasteiger partial charge >= 0.3 is 0 Å². The number of phenols is 1. The van der Waals surface area contributed by atoms with E-state index >= 15 is 0 Å². The van der Waals surface area contributed by atoms with Gasteiger partial charge in [-0.3, -0.25) is 9.59 Å². The van der Waals surface area contributed by atoms with E-state index in [0.717, 1.165) is 12.8 Å². The van der Waals surface area contributed by atoms with Crippen LogP contribution >= 0.6 is 0 Å². The molecule has 1 rings (SSSR count). The third kappa shape index (κ3) is 3.90. The highest BCUT2D eigenvalue weighted by Crippen LogP contribution is 2.22. The van der Waals surface area contributed by atoms with Crippen LogP contribution in [0.4, 0.5) is 5.69 Å². The summed E-state index contributed by atoms with van der Waals surface area (Å²) in [4.78, 5) is 22.7. The van der Waals surface area contributed by atoms with Gasteiger partial charge in [0.15, 0.2) is 5.78 Å². The van der Waals surface area contributed by atoms with Crippen molar-refractivity contribution in [2.75, 3.05) is 5.32 Å². The summed E-state index contributed by atoms with van der Waals surface area (Å²) in [5.41, 5.74) is 0.757. The van der Waals surface area contributed by atoms with Crippen LogP contribution in [0.3, 0.4) is 0 Å². The highest BCUT2D eigenvalue weighted by atomic mass is 16.3. The molecule has 0 aromatic heterocycles. The lowest BCUT2D eigenvalue weighted by atomic mass is 10.1. The molecule has 2 N–H and O–H groups in total. The number of Topliss-reactive ketones (excluding diaryl/α,β-unsaturated/α-hetero) is 1. The summed E-state index contributed by atoms with van der Waals surface area (Å²) in [6.07, 6.45) is 2.26. The molecule has 0 radical (unpaired) electrons. The molecule has 0 aliphatic carbocycles. The normalized spacial score (nSPS) is 10.0. The van der Waals surface area contributed by atoms with Crippen molar-refractivity contribution in [1.29, 1.82) is 0 Å². The Morgan fingerprint density at radius 2 is 2.06 bits per heavy atom. The first-order valence-electron chi connectivity index (χ1n) is 5.68. The van der Waals surface area contributed by atoms with E-state index in [4.69, 9.17) is 0 Å². The van der Waals surface area contributed by atoms with Crippen molar-refractivity contribution >= 4 is 17.4 Å². The Morgan fingerprint density at radius 3 is 2.65 bits per heavy atom. The molecule has 0 fully saturated rings. The molecule has 1 aromatic carbocycles. The summed E-state index contributed by atoms with van der Waals surface area (Å²) in [7, 11) is 0. The number of benzene rings is 1. The Morgan fingerprint density at radius 1 is 1.35 bits per heavy atom. The first-order valence-corrected chi connectivity index (χ1v) is 5.68. The van der Waals surface area contributed by atoms with Crippen LogP contribution in [0.2, 0.25) is 0 Å². The Bertz CT molecular complexity index is 427. The average molecular weight is 235 g/mol. The average Bonchev–Trinajstić information content (AvgIpc) is 2.28. The van der Waals surface area contributed by atoms with Crippen LogP contribution < -0.4 is 5.32 Å². The first-order chi connectivity index (χ1) is 8.04. The van der Waals surface area contributed by atoms with Crippen molar-refractivity contribution in [3.05, 3.63) is 23.8 Å². The van der Waals surface area contributed by atoms with Crippen LogP contribution in [0.5, 0.6) is 5.75 Å². The number of hydrogen-bond donors (Lipinski definition) is 2. The van der Waals surface area contributed by atoms with Crippen LogP contribution in [0.25, 0.3) is 0 Å². The number of nitrogens with one attached hydrogen (secondary N) is 1. The second kappa shape index (κ2) is 6.03. The van der Waals surface area contributed by atoms with Gasteiger partial charge in [0.05, 0.1) is 5.56 Å². The quantitative estimate of drug-likeness (QED) is 0.609. The molecular weight excluding hydrogens is 218 g/mol. The molecule has 0 saturated heterocycles. The van der Waals surface area contributed by atoms with Gasteiger partial charge in [-0.2, -0.15) is 0 Å². The van der Waals surface area contributed by atoms with Crippen molar-refractivity contribution in [2.24, 2.45) is 0 Å². The van der Waals surface area contributed by atoms with Crippen LogP contribution in [-0.4, -0.2) is 16.8 Å². The Labute approximate surface area is 101 Å². The SMILES string of the molecule is CCCCC(=O)Nc1ccc(O)c(C(C)=O)c1. The van der Waals surface area contributed by atoms with Crippen LogP contribution in [-0.2, 0) is 4.79 Å². The van der Waals surface area contributed by atoms with E-state index in [1.807, 2.05) is 6.92 Å². The first kappa shape index (κ1) is 13.2. The van der Waals surface area contributed by atoms with Crippen LogP contribution in [0.1, 0.15) is 43.5 Å². The number of anilines is 1. The molecule has 17 heavy (non-hydrogen) atoms. The third-order valence-electron chi connectivity index (χ3n) is 2.42. The van der Waals surface area contributed by atoms with Crippen molar-refractivity contribution in [1.82, 2.24) is 0 Å². The summed E-state index contributed by atoms with van der Waals surface area (Å²) < 4.78 is 0. The molecule has 0 spiro atoms. The molecule has 0 unspecified atom stereocenters. The number of hydrogen-bond acceptors (Lipinski definition) is 3. The topological polar surface area (TPSA) is 66.4 Å². The molecule has 0 aliphatic rings. The fraction of sp³-hybridized carbons (Fsp3) is 0.385. The van der Waals surface area contributed by atoms with Crippen LogP contribution in [0.15, 0.2) is 18.2 Å². The number of amides is 1. The van der Waals surface area contributed by atoms with E-state index < -0.39 is 0 Å². The smallest absolute Gasteiger partial charge is 0.224 e. The van der Waals surface area contributed by atoms with Gasteiger partial charge in [0.25, 0.3) is 0 Å². The van der Waals surface area contributed by atoms with Gasteiger partial charge in [-0.15, -0.1) is 0 Å². The van der Waals surface area contributed by atoms with Crippen molar-refractivity contribution in [3.63, 3.8) is 0 Å². The largest absolute Gasteiger partial charge is 0.507 e. The highest BCUT2D eigenvalue weighted by Gasteiger charge is 2.08. The predicted molar refractivity (Wildman–Crippen MR) is 66.3 cm³/mol. The summed E-state index contributed by atoms with van der Waals surface area (Å²) >= 11 is 0. The van der Waals surface area contributed by atoms with Gasteiger partial charge in [-0.1, -0.05) is 13.3 Å². The molecule has 1 aromatic rings. The predicted octanol–water partition coefficient (Wildman–Crippen LogP) is 2.72. The molecule has 4 nitrogen and oxygen atoms in total. The second-order valence-corrected chi connectivity index (χ2v) is 3.94. The minimum atomic E-state index is -0.229. The van der Waals surface area contributed by atoms with Crippen molar-refractivity contribution in [2.45, 2.75) is 33.1 Å².